The van der Waals surface area contributed by atoms with E-state index in [9.17, 15) is 14.4 Å². The van der Waals surface area contributed by atoms with E-state index in [2.05, 4.69) is 10.3 Å². The molecule has 0 unspecified atom stereocenters. The lowest BCUT2D eigenvalue weighted by Gasteiger charge is -2.11. The Kier molecular flexibility index (Phi) is 3.69. The van der Waals surface area contributed by atoms with E-state index in [0.717, 1.165) is 10.9 Å². The normalized spacial score (nSPS) is 12.0. The van der Waals surface area contributed by atoms with Crippen LogP contribution in [0.1, 0.15) is 16.9 Å². The van der Waals surface area contributed by atoms with E-state index in [1.54, 1.807) is 24.3 Å². The van der Waals surface area contributed by atoms with Crippen LogP contribution in [-0.2, 0) is 9.59 Å². The first-order valence-corrected chi connectivity index (χ1v) is 5.80. The number of carbonyl (C=O) groups excluding carboxylic acids is 1. The van der Waals surface area contributed by atoms with Gasteiger partial charge in [0.05, 0.1) is 6.42 Å². The molecule has 20 heavy (non-hydrogen) atoms. The molecule has 0 aliphatic carbocycles. The number of hydrogen-bond donors (Lipinski definition) is 4. The van der Waals surface area contributed by atoms with Gasteiger partial charge in [0.15, 0.2) is 0 Å². The summed E-state index contributed by atoms with van der Waals surface area (Å²) in [5.74, 6) is -3.35. The Morgan fingerprint density at radius 1 is 1.20 bits per heavy atom. The molecule has 0 aliphatic rings. The van der Waals surface area contributed by atoms with Crippen molar-refractivity contribution >= 4 is 28.7 Å². The topological polar surface area (TPSA) is 119 Å². The zero-order chi connectivity index (χ0) is 14.7. The van der Waals surface area contributed by atoms with Crippen LogP contribution in [0.2, 0.25) is 0 Å². The van der Waals surface area contributed by atoms with E-state index in [0.29, 0.717) is 0 Å². The lowest BCUT2D eigenvalue weighted by Crippen LogP contribution is -2.42. The van der Waals surface area contributed by atoms with Gasteiger partial charge in [0.2, 0.25) is 0 Å². The maximum Gasteiger partial charge on any atom is 0.326 e. The number of benzene rings is 1. The summed E-state index contributed by atoms with van der Waals surface area (Å²) in [6.45, 7) is 0. The fourth-order valence-electron chi connectivity index (χ4n) is 1.81. The van der Waals surface area contributed by atoms with Gasteiger partial charge in [-0.3, -0.25) is 9.59 Å². The number of amides is 1. The third kappa shape index (κ3) is 2.94. The zero-order valence-corrected chi connectivity index (χ0v) is 10.3. The van der Waals surface area contributed by atoms with Crippen molar-refractivity contribution in [1.82, 2.24) is 10.3 Å². The van der Waals surface area contributed by atoms with Gasteiger partial charge in [-0.2, -0.15) is 0 Å². The summed E-state index contributed by atoms with van der Waals surface area (Å²) in [5.41, 5.74) is 0.922. The maximum absolute atomic E-state index is 11.9. The molecule has 7 heteroatoms. The lowest BCUT2D eigenvalue weighted by molar-refractivity contribution is -0.145. The van der Waals surface area contributed by atoms with Crippen molar-refractivity contribution in [2.45, 2.75) is 12.5 Å². The summed E-state index contributed by atoms with van der Waals surface area (Å²) in [4.78, 5) is 36.2. The van der Waals surface area contributed by atoms with Crippen molar-refractivity contribution < 1.29 is 24.6 Å². The van der Waals surface area contributed by atoms with Gasteiger partial charge in [-0.15, -0.1) is 0 Å². The fraction of sp³-hybridized carbons (Fsp3) is 0.154. The number of nitrogens with one attached hydrogen (secondary N) is 2. The van der Waals surface area contributed by atoms with E-state index in [1.807, 2.05) is 6.07 Å². The molecule has 1 heterocycles. The van der Waals surface area contributed by atoms with Crippen LogP contribution in [0.5, 0.6) is 0 Å². The second kappa shape index (κ2) is 5.43. The van der Waals surface area contributed by atoms with Crippen LogP contribution in [0.3, 0.4) is 0 Å². The van der Waals surface area contributed by atoms with Gasteiger partial charge in [-0.05, 0) is 12.1 Å². The number of rotatable bonds is 5. The van der Waals surface area contributed by atoms with Crippen molar-refractivity contribution in [3.63, 3.8) is 0 Å². The summed E-state index contributed by atoms with van der Waals surface area (Å²) < 4.78 is 0. The van der Waals surface area contributed by atoms with Gasteiger partial charge in [-0.25, -0.2) is 4.79 Å². The monoisotopic (exact) mass is 276 g/mol. The first kappa shape index (κ1) is 13.6. The Morgan fingerprint density at radius 2 is 1.90 bits per heavy atom. The molecule has 0 radical (unpaired) electrons. The number of aromatic nitrogens is 1. The minimum Gasteiger partial charge on any atom is -0.481 e. The Labute approximate surface area is 113 Å². The summed E-state index contributed by atoms with van der Waals surface area (Å²) in [6, 6.07) is 7.29. The van der Waals surface area contributed by atoms with Gasteiger partial charge in [0.1, 0.15) is 11.7 Å². The molecule has 104 valence electrons. The molecule has 1 aromatic carbocycles. The predicted octanol–water partition coefficient (Wildman–Crippen LogP) is 0.826. The van der Waals surface area contributed by atoms with E-state index in [4.69, 9.17) is 10.2 Å². The summed E-state index contributed by atoms with van der Waals surface area (Å²) in [5, 5.41) is 20.5. The van der Waals surface area contributed by atoms with Crippen LogP contribution in [0.4, 0.5) is 0 Å². The lowest BCUT2D eigenvalue weighted by atomic mass is 10.2. The number of carbonyl (C=O) groups is 3. The van der Waals surface area contributed by atoms with E-state index < -0.39 is 30.3 Å². The fourth-order valence-corrected chi connectivity index (χ4v) is 1.81. The van der Waals surface area contributed by atoms with Crippen LogP contribution in [0, 0.1) is 0 Å². The quantitative estimate of drug-likeness (QED) is 0.644. The number of aromatic amines is 1. The first-order valence-electron chi connectivity index (χ1n) is 5.80. The maximum atomic E-state index is 11.9. The van der Waals surface area contributed by atoms with E-state index in [1.165, 1.54) is 0 Å². The number of aliphatic carboxylic acids is 2. The molecule has 1 aromatic heterocycles. The average molecular weight is 276 g/mol. The van der Waals surface area contributed by atoms with Crippen LogP contribution in [-0.4, -0.2) is 39.1 Å². The predicted molar refractivity (Wildman–Crippen MR) is 69.4 cm³/mol. The highest BCUT2D eigenvalue weighted by Crippen LogP contribution is 2.14. The number of para-hydroxylation sites is 1. The molecule has 0 fully saturated rings. The van der Waals surface area contributed by atoms with Crippen molar-refractivity contribution in [1.29, 1.82) is 0 Å². The van der Waals surface area contributed by atoms with Gasteiger partial charge < -0.3 is 20.5 Å². The van der Waals surface area contributed by atoms with Crippen LogP contribution < -0.4 is 5.32 Å². The van der Waals surface area contributed by atoms with Crippen molar-refractivity contribution in [3.05, 3.63) is 36.0 Å². The van der Waals surface area contributed by atoms with Gasteiger partial charge >= 0.3 is 11.9 Å². The number of H-pyrrole nitrogens is 1. The molecule has 2 aromatic rings. The molecular formula is C13H12N2O5. The minimum atomic E-state index is -1.47. The highest BCUT2D eigenvalue weighted by molar-refractivity contribution is 6.00. The molecule has 0 spiro atoms. The Morgan fingerprint density at radius 3 is 2.50 bits per heavy atom. The molecule has 1 amide bonds. The molecule has 0 saturated carbocycles. The Bertz CT molecular complexity index is 643. The molecule has 0 bridgehead atoms. The second-order valence-electron chi connectivity index (χ2n) is 4.23. The van der Waals surface area contributed by atoms with Crippen LogP contribution >= 0.6 is 0 Å². The first-order chi connectivity index (χ1) is 9.47. The van der Waals surface area contributed by atoms with Crippen LogP contribution in [0.15, 0.2) is 30.3 Å². The standard InChI is InChI=1S/C13H12N2O5/c16-11(17)6-10(13(19)20)15-12(18)9-5-7-3-1-2-4-8(7)14-9/h1-5,10,14H,6H2,(H,15,18)(H,16,17)(H,19,20)/t10-/m1/s1. The SMILES string of the molecule is O=C(O)C[C@@H](NC(=O)c1cc2ccccc2[nH]1)C(=O)O. The molecule has 0 aliphatic heterocycles. The average Bonchev–Trinajstić information content (AvgIpc) is 2.81. The minimum absolute atomic E-state index is 0.183. The largest absolute Gasteiger partial charge is 0.481 e. The number of carboxylic acid groups (broad SMARTS) is 2. The number of fused-ring (bicyclic) bond motifs is 1. The second-order valence-corrected chi connectivity index (χ2v) is 4.23. The summed E-state index contributed by atoms with van der Waals surface area (Å²) in [7, 11) is 0. The molecule has 0 saturated heterocycles. The van der Waals surface area contributed by atoms with E-state index >= 15 is 0 Å². The third-order valence-corrected chi connectivity index (χ3v) is 2.76. The highest BCUT2D eigenvalue weighted by atomic mass is 16.4. The smallest absolute Gasteiger partial charge is 0.326 e. The van der Waals surface area contributed by atoms with Crippen LogP contribution in [0.25, 0.3) is 10.9 Å². The number of carboxylic acids is 2. The Balaban J connectivity index is 2.17. The molecule has 1 atom stereocenters. The van der Waals surface area contributed by atoms with E-state index in [-0.39, 0.29) is 5.69 Å². The molecule has 4 N–H and O–H groups in total. The van der Waals surface area contributed by atoms with Gasteiger partial charge in [0, 0.05) is 10.9 Å². The summed E-state index contributed by atoms with van der Waals surface area (Å²) >= 11 is 0. The summed E-state index contributed by atoms with van der Waals surface area (Å²) in [6.07, 6.45) is -0.679. The van der Waals surface area contributed by atoms with Gasteiger partial charge in [-0.1, -0.05) is 18.2 Å². The van der Waals surface area contributed by atoms with Crippen molar-refractivity contribution in [2.24, 2.45) is 0 Å². The molecule has 7 nitrogen and oxygen atoms in total. The van der Waals surface area contributed by atoms with Crippen molar-refractivity contribution in [2.75, 3.05) is 0 Å². The highest BCUT2D eigenvalue weighted by Gasteiger charge is 2.24. The third-order valence-electron chi connectivity index (χ3n) is 2.76. The Hall–Kier alpha value is -2.83. The van der Waals surface area contributed by atoms with Crippen molar-refractivity contribution in [3.8, 4) is 0 Å². The molecular weight excluding hydrogens is 264 g/mol. The molecule has 2 rings (SSSR count). The number of hydrogen-bond acceptors (Lipinski definition) is 3. The zero-order valence-electron chi connectivity index (χ0n) is 10.3. The van der Waals surface area contributed by atoms with Gasteiger partial charge in [0.25, 0.3) is 5.91 Å².